The lowest BCUT2D eigenvalue weighted by molar-refractivity contribution is -0.139. The van der Waals surface area contributed by atoms with Crippen molar-refractivity contribution in [1.82, 2.24) is 4.90 Å². The highest BCUT2D eigenvalue weighted by Gasteiger charge is 2.13. The topological polar surface area (TPSA) is 94.9 Å². The lowest BCUT2D eigenvalue weighted by Crippen LogP contribution is -2.33. The number of carbonyl (C=O) groups excluding carboxylic acids is 1. The number of carbonyl (C=O) groups is 3. The standard InChI is InChI=1S/C13H23NO5/c1-2-6-11(15)14(10-8-13(18)19)9-5-3-4-7-12(16)17/h2-10H2,1H3,(H,16,17)(H,18,19). The molecule has 0 aromatic heterocycles. The van der Waals surface area contributed by atoms with Crippen LogP contribution in [0.3, 0.4) is 0 Å². The maximum absolute atomic E-state index is 11.8. The van der Waals surface area contributed by atoms with Gasteiger partial charge in [-0.25, -0.2) is 0 Å². The van der Waals surface area contributed by atoms with Crippen LogP contribution in [0.5, 0.6) is 0 Å². The van der Waals surface area contributed by atoms with Crippen molar-refractivity contribution in [2.24, 2.45) is 0 Å². The molecule has 0 atom stereocenters. The maximum Gasteiger partial charge on any atom is 0.305 e. The van der Waals surface area contributed by atoms with Gasteiger partial charge >= 0.3 is 11.9 Å². The Bertz CT molecular complexity index is 303. The van der Waals surface area contributed by atoms with Crippen molar-refractivity contribution in [1.29, 1.82) is 0 Å². The van der Waals surface area contributed by atoms with Crippen LogP contribution < -0.4 is 0 Å². The van der Waals surface area contributed by atoms with E-state index in [9.17, 15) is 14.4 Å². The summed E-state index contributed by atoms with van der Waals surface area (Å²) in [6, 6.07) is 0. The second kappa shape index (κ2) is 10.3. The van der Waals surface area contributed by atoms with Crippen LogP contribution in [0.2, 0.25) is 0 Å². The summed E-state index contributed by atoms with van der Waals surface area (Å²) in [5.74, 6) is -1.76. The van der Waals surface area contributed by atoms with Gasteiger partial charge in [0.15, 0.2) is 0 Å². The van der Waals surface area contributed by atoms with Crippen molar-refractivity contribution in [2.75, 3.05) is 13.1 Å². The van der Waals surface area contributed by atoms with Crippen molar-refractivity contribution in [3.05, 3.63) is 0 Å². The number of unbranched alkanes of at least 4 members (excludes halogenated alkanes) is 2. The number of carboxylic acid groups (broad SMARTS) is 2. The van der Waals surface area contributed by atoms with E-state index in [1.54, 1.807) is 4.90 Å². The molecule has 0 rings (SSSR count). The predicted molar refractivity (Wildman–Crippen MR) is 69.8 cm³/mol. The van der Waals surface area contributed by atoms with Gasteiger partial charge in [-0.2, -0.15) is 0 Å². The van der Waals surface area contributed by atoms with E-state index in [4.69, 9.17) is 10.2 Å². The molecule has 0 unspecified atom stereocenters. The molecule has 0 saturated heterocycles. The molecule has 0 fully saturated rings. The van der Waals surface area contributed by atoms with Crippen LogP contribution in [-0.4, -0.2) is 46.0 Å². The predicted octanol–water partition coefficient (Wildman–Crippen LogP) is 1.73. The summed E-state index contributed by atoms with van der Waals surface area (Å²) in [6.07, 6.45) is 3.28. The summed E-state index contributed by atoms with van der Waals surface area (Å²) in [5.41, 5.74) is 0. The molecule has 0 aliphatic heterocycles. The van der Waals surface area contributed by atoms with Crippen LogP contribution in [0.4, 0.5) is 0 Å². The van der Waals surface area contributed by atoms with E-state index in [2.05, 4.69) is 0 Å². The van der Waals surface area contributed by atoms with Crippen LogP contribution >= 0.6 is 0 Å². The number of nitrogens with zero attached hydrogens (tertiary/aromatic N) is 1. The van der Waals surface area contributed by atoms with Crippen LogP contribution in [0.25, 0.3) is 0 Å². The number of carboxylic acids is 2. The first-order chi connectivity index (χ1) is 8.97. The highest BCUT2D eigenvalue weighted by Crippen LogP contribution is 2.05. The van der Waals surface area contributed by atoms with Crippen molar-refractivity contribution in [2.45, 2.75) is 51.9 Å². The summed E-state index contributed by atoms with van der Waals surface area (Å²) in [6.45, 7) is 2.64. The zero-order valence-electron chi connectivity index (χ0n) is 11.4. The number of hydrogen-bond donors (Lipinski definition) is 2. The fourth-order valence-electron chi connectivity index (χ4n) is 1.72. The van der Waals surface area contributed by atoms with Gasteiger partial charge in [0.2, 0.25) is 5.91 Å². The van der Waals surface area contributed by atoms with E-state index in [1.807, 2.05) is 6.92 Å². The maximum atomic E-state index is 11.8. The fraction of sp³-hybridized carbons (Fsp3) is 0.769. The van der Waals surface area contributed by atoms with Crippen LogP contribution in [0.1, 0.15) is 51.9 Å². The number of rotatable bonds is 11. The van der Waals surface area contributed by atoms with E-state index in [-0.39, 0.29) is 25.3 Å². The summed E-state index contributed by atoms with van der Waals surface area (Å²) in [5, 5.41) is 17.1. The normalized spacial score (nSPS) is 10.2. The average molecular weight is 273 g/mol. The van der Waals surface area contributed by atoms with Crippen LogP contribution in [-0.2, 0) is 14.4 Å². The van der Waals surface area contributed by atoms with E-state index in [0.29, 0.717) is 25.8 Å². The van der Waals surface area contributed by atoms with Gasteiger partial charge in [0, 0.05) is 25.9 Å². The van der Waals surface area contributed by atoms with Gasteiger partial charge in [0.1, 0.15) is 0 Å². The molecular formula is C13H23NO5. The molecular weight excluding hydrogens is 250 g/mol. The van der Waals surface area contributed by atoms with Gasteiger partial charge in [0.05, 0.1) is 6.42 Å². The highest BCUT2D eigenvalue weighted by atomic mass is 16.4. The second-order valence-corrected chi connectivity index (χ2v) is 4.48. The third kappa shape index (κ3) is 10.1. The Kier molecular flexibility index (Phi) is 9.48. The molecule has 6 heteroatoms. The van der Waals surface area contributed by atoms with E-state index in [0.717, 1.165) is 12.8 Å². The Morgan fingerprint density at radius 2 is 1.47 bits per heavy atom. The second-order valence-electron chi connectivity index (χ2n) is 4.48. The van der Waals surface area contributed by atoms with Gasteiger partial charge in [-0.15, -0.1) is 0 Å². The molecule has 0 aromatic carbocycles. The molecule has 0 bridgehead atoms. The van der Waals surface area contributed by atoms with Gasteiger partial charge < -0.3 is 15.1 Å². The summed E-state index contributed by atoms with van der Waals surface area (Å²) < 4.78 is 0. The molecule has 19 heavy (non-hydrogen) atoms. The quantitative estimate of drug-likeness (QED) is 0.559. The lowest BCUT2D eigenvalue weighted by atomic mass is 10.1. The molecule has 0 aromatic rings. The summed E-state index contributed by atoms with van der Waals surface area (Å²) in [7, 11) is 0. The van der Waals surface area contributed by atoms with E-state index < -0.39 is 11.9 Å². The molecule has 2 N–H and O–H groups in total. The lowest BCUT2D eigenvalue weighted by Gasteiger charge is -2.21. The molecule has 0 aliphatic rings. The first-order valence-electron chi connectivity index (χ1n) is 6.68. The largest absolute Gasteiger partial charge is 0.481 e. The highest BCUT2D eigenvalue weighted by molar-refractivity contribution is 5.77. The minimum Gasteiger partial charge on any atom is -0.481 e. The summed E-state index contributed by atoms with van der Waals surface area (Å²) >= 11 is 0. The zero-order valence-corrected chi connectivity index (χ0v) is 11.4. The first-order valence-corrected chi connectivity index (χ1v) is 6.68. The van der Waals surface area contributed by atoms with Crippen LogP contribution in [0, 0.1) is 0 Å². The van der Waals surface area contributed by atoms with Gasteiger partial charge in [-0.1, -0.05) is 13.3 Å². The minimum atomic E-state index is -0.917. The summed E-state index contributed by atoms with van der Waals surface area (Å²) in [4.78, 5) is 34.2. The third-order valence-corrected chi connectivity index (χ3v) is 2.73. The smallest absolute Gasteiger partial charge is 0.305 e. The molecule has 6 nitrogen and oxygen atoms in total. The number of hydrogen-bond acceptors (Lipinski definition) is 3. The first kappa shape index (κ1) is 17.4. The number of amides is 1. The van der Waals surface area contributed by atoms with Crippen molar-refractivity contribution < 1.29 is 24.6 Å². The van der Waals surface area contributed by atoms with Crippen molar-refractivity contribution in [3.8, 4) is 0 Å². The minimum absolute atomic E-state index is 0.0259. The Labute approximate surface area is 113 Å². The Hall–Kier alpha value is -1.59. The monoisotopic (exact) mass is 273 g/mol. The van der Waals surface area contributed by atoms with Gasteiger partial charge in [-0.3, -0.25) is 14.4 Å². The van der Waals surface area contributed by atoms with E-state index in [1.165, 1.54) is 0 Å². The number of aliphatic carboxylic acids is 2. The molecule has 0 spiro atoms. The molecule has 0 heterocycles. The fourth-order valence-corrected chi connectivity index (χ4v) is 1.72. The third-order valence-electron chi connectivity index (χ3n) is 2.73. The Morgan fingerprint density at radius 3 is 2.00 bits per heavy atom. The average Bonchev–Trinajstić information content (AvgIpc) is 2.32. The van der Waals surface area contributed by atoms with Crippen molar-refractivity contribution >= 4 is 17.8 Å². The van der Waals surface area contributed by atoms with Gasteiger partial charge in [0.25, 0.3) is 0 Å². The molecule has 110 valence electrons. The Morgan fingerprint density at radius 1 is 0.842 bits per heavy atom. The van der Waals surface area contributed by atoms with E-state index >= 15 is 0 Å². The molecule has 0 saturated carbocycles. The molecule has 1 amide bonds. The molecule has 0 radical (unpaired) electrons. The Balaban J connectivity index is 4.00. The van der Waals surface area contributed by atoms with Crippen molar-refractivity contribution in [3.63, 3.8) is 0 Å². The zero-order chi connectivity index (χ0) is 14.7. The van der Waals surface area contributed by atoms with Crippen LogP contribution in [0.15, 0.2) is 0 Å². The SMILES string of the molecule is CCCC(=O)N(CCCCCC(=O)O)CCC(=O)O. The van der Waals surface area contributed by atoms with Gasteiger partial charge in [-0.05, 0) is 19.3 Å². The molecule has 0 aliphatic carbocycles.